The number of benzene rings is 8. The molecule has 0 aliphatic rings. The molecule has 4 heterocycles. The molecule has 0 aliphatic carbocycles. The second kappa shape index (κ2) is 16.7. The Labute approximate surface area is 411 Å². The van der Waals surface area contributed by atoms with E-state index in [-0.39, 0.29) is 20.4 Å². The molecule has 6 heteroatoms. The van der Waals surface area contributed by atoms with E-state index in [4.69, 9.17) is 14.7 Å². The van der Waals surface area contributed by atoms with E-state index in [2.05, 4.69) is 216 Å². The summed E-state index contributed by atoms with van der Waals surface area (Å²) in [6, 6.07) is 60.1. The molecule has 0 fully saturated rings. The zero-order valence-electron chi connectivity index (χ0n) is 39.7. The Bertz CT molecular complexity index is 3930. The van der Waals surface area contributed by atoms with Crippen molar-refractivity contribution in [1.82, 2.24) is 18.8 Å². The van der Waals surface area contributed by atoms with Crippen LogP contribution in [0.25, 0.3) is 99.0 Å². The number of para-hydroxylation sites is 4. The van der Waals surface area contributed by atoms with Gasteiger partial charge in [0.05, 0.1) is 33.4 Å². The van der Waals surface area contributed by atoms with Crippen molar-refractivity contribution in [2.75, 3.05) is 0 Å². The van der Waals surface area contributed by atoms with Gasteiger partial charge < -0.3 is 13.5 Å². The fraction of sp³-hybridized carbons (Fsp3) is 0.194. The summed E-state index contributed by atoms with van der Waals surface area (Å²) in [6.07, 6.45) is 0. The third-order valence-corrected chi connectivity index (χ3v) is 14.0. The zero-order chi connectivity index (χ0) is 45.8. The van der Waals surface area contributed by atoms with Crippen LogP contribution in [-0.2, 0) is 20.4 Å². The molecule has 0 saturated heterocycles. The Balaban J connectivity index is 0.00000507. The number of ether oxygens (including phenoxy) is 1. The monoisotopic (exact) mass is 974 g/mol. The van der Waals surface area contributed by atoms with Gasteiger partial charge in [-0.25, -0.2) is 0 Å². The minimum Gasteiger partial charge on any atom is -0.497 e. The maximum Gasteiger partial charge on any atom is 2.00 e. The first kappa shape index (κ1) is 43.7. The van der Waals surface area contributed by atoms with E-state index in [9.17, 15) is 0 Å². The SMILES string of the molecule is CC(C)c1cccc(C(C)C)c1-c1ccc2c(c1)c1ccc(Oc3[c-]c4c(cc3)c3c(-c5c(C(C)C)cccc5C(C)C)cccc3n3c5ccccc5nc43)[c-]c1c1nc3ccccc3n21.[Pd+2]. The van der Waals surface area contributed by atoms with Crippen molar-refractivity contribution in [3.05, 3.63) is 180 Å². The van der Waals surface area contributed by atoms with Crippen molar-refractivity contribution in [3.8, 4) is 33.8 Å². The molecule has 0 spiro atoms. The zero-order valence-corrected chi connectivity index (χ0v) is 41.2. The second-order valence-electron chi connectivity index (χ2n) is 19.5. The van der Waals surface area contributed by atoms with Crippen LogP contribution in [0.2, 0.25) is 0 Å². The number of fused-ring (bicyclic) bond motifs is 16. The standard InChI is InChI=1S/C62H52N4O.Pd/c1-35(2)42-16-13-17-43(36(3)4)58(42)39-26-31-54-49(32-39)46-29-27-40(33-50(46)61-63-52-21-9-11-23-55(52)65(54)61)67-41-28-30-47-51(34-41)62-64-53-22-10-12-24-56(53)66(62)57-25-15-20-48(60(47)57)59-44(37(5)6)18-14-19-45(59)38(7)8;/h9-32,35-38H,1-8H3;/q-2;+2. The summed E-state index contributed by atoms with van der Waals surface area (Å²) in [5.41, 5.74) is 18.4. The molecule has 336 valence electrons. The number of pyridine rings is 2. The van der Waals surface area contributed by atoms with Gasteiger partial charge in [-0.1, -0.05) is 186 Å². The van der Waals surface area contributed by atoms with Crippen molar-refractivity contribution in [2.45, 2.75) is 79.1 Å². The normalized spacial score (nSPS) is 12.2. The van der Waals surface area contributed by atoms with Crippen LogP contribution in [0.15, 0.2) is 146 Å². The Kier molecular flexibility index (Phi) is 10.8. The fourth-order valence-electron chi connectivity index (χ4n) is 10.9. The summed E-state index contributed by atoms with van der Waals surface area (Å²) in [5, 5.41) is 6.31. The van der Waals surface area contributed by atoms with Crippen molar-refractivity contribution in [1.29, 1.82) is 0 Å². The minimum absolute atomic E-state index is 0. The third kappa shape index (κ3) is 6.75. The van der Waals surface area contributed by atoms with Crippen molar-refractivity contribution in [3.63, 3.8) is 0 Å². The fourth-order valence-corrected chi connectivity index (χ4v) is 10.9. The van der Waals surface area contributed by atoms with Crippen LogP contribution in [0.3, 0.4) is 0 Å². The van der Waals surface area contributed by atoms with Gasteiger partial charge in [-0.3, -0.25) is 9.97 Å². The molecule has 0 bridgehead atoms. The number of nitrogens with zero attached hydrogens (tertiary/aromatic N) is 4. The van der Waals surface area contributed by atoms with Crippen molar-refractivity contribution >= 4 is 76.7 Å². The van der Waals surface area contributed by atoms with Crippen LogP contribution in [0.5, 0.6) is 11.5 Å². The molecule has 12 rings (SSSR count). The molecule has 68 heavy (non-hydrogen) atoms. The second-order valence-corrected chi connectivity index (χ2v) is 19.5. The molecule has 5 nitrogen and oxygen atoms in total. The Hall–Kier alpha value is -6.84. The van der Waals surface area contributed by atoms with Crippen LogP contribution in [0.4, 0.5) is 0 Å². The van der Waals surface area contributed by atoms with E-state index < -0.39 is 0 Å². The molecule has 0 unspecified atom stereocenters. The van der Waals surface area contributed by atoms with Crippen LogP contribution in [-0.4, -0.2) is 18.8 Å². The number of hydrogen-bond acceptors (Lipinski definition) is 3. The smallest absolute Gasteiger partial charge is 0.497 e. The maximum absolute atomic E-state index is 6.87. The molecule has 4 aromatic heterocycles. The molecule has 0 saturated carbocycles. The van der Waals surface area contributed by atoms with Crippen LogP contribution in [0, 0.1) is 12.1 Å². The Morgan fingerprint density at radius 1 is 0.426 bits per heavy atom. The molecule has 8 aromatic carbocycles. The number of imidazole rings is 2. The average molecular weight is 976 g/mol. The molecular formula is C62H52N4OPd. The van der Waals surface area contributed by atoms with Crippen LogP contribution < -0.4 is 4.74 Å². The van der Waals surface area contributed by atoms with Gasteiger partial charge in [0.1, 0.15) is 0 Å². The van der Waals surface area contributed by atoms with Gasteiger partial charge in [-0.05, 0) is 115 Å². The molecular weight excluding hydrogens is 923 g/mol. The summed E-state index contributed by atoms with van der Waals surface area (Å²) < 4.78 is 11.5. The Morgan fingerprint density at radius 3 is 1.46 bits per heavy atom. The molecule has 0 radical (unpaired) electrons. The van der Waals surface area contributed by atoms with Gasteiger partial charge in [0.25, 0.3) is 0 Å². The summed E-state index contributed by atoms with van der Waals surface area (Å²) >= 11 is 0. The molecule has 0 amide bonds. The first-order valence-corrected chi connectivity index (χ1v) is 23.9. The van der Waals surface area contributed by atoms with Gasteiger partial charge in [0.15, 0.2) is 0 Å². The molecule has 12 aromatic rings. The predicted molar refractivity (Wildman–Crippen MR) is 280 cm³/mol. The van der Waals surface area contributed by atoms with Crippen LogP contribution in [0.1, 0.15) is 101 Å². The van der Waals surface area contributed by atoms with Crippen molar-refractivity contribution in [2.24, 2.45) is 0 Å². The van der Waals surface area contributed by atoms with Crippen molar-refractivity contribution < 1.29 is 25.2 Å². The molecule has 0 N–H and O–H groups in total. The van der Waals surface area contributed by atoms with E-state index in [1.807, 2.05) is 6.07 Å². The van der Waals surface area contributed by atoms with Gasteiger partial charge in [-0.15, -0.1) is 12.1 Å². The van der Waals surface area contributed by atoms with Gasteiger partial charge >= 0.3 is 20.4 Å². The van der Waals surface area contributed by atoms with E-state index in [1.165, 1.54) is 49.9 Å². The maximum atomic E-state index is 6.87. The number of rotatable bonds is 8. The van der Waals surface area contributed by atoms with Crippen LogP contribution >= 0.6 is 0 Å². The largest absolute Gasteiger partial charge is 2.00 e. The summed E-state index contributed by atoms with van der Waals surface area (Å²) in [5.74, 6) is 2.64. The Morgan fingerprint density at radius 2 is 0.897 bits per heavy atom. The van der Waals surface area contributed by atoms with E-state index in [0.717, 1.165) is 71.3 Å². The first-order chi connectivity index (χ1) is 32.5. The van der Waals surface area contributed by atoms with E-state index >= 15 is 0 Å². The third-order valence-electron chi connectivity index (χ3n) is 14.0. The predicted octanol–water partition coefficient (Wildman–Crippen LogP) is 17.1. The van der Waals surface area contributed by atoms with E-state index in [0.29, 0.717) is 35.2 Å². The topological polar surface area (TPSA) is 43.8 Å². The van der Waals surface area contributed by atoms with Gasteiger partial charge in [-0.2, -0.15) is 0 Å². The number of aromatic nitrogens is 4. The summed E-state index contributed by atoms with van der Waals surface area (Å²) in [6.45, 7) is 18.3. The summed E-state index contributed by atoms with van der Waals surface area (Å²) in [4.78, 5) is 10.5. The quantitative estimate of drug-likeness (QED) is 0.0866. The van der Waals surface area contributed by atoms with Gasteiger partial charge in [0, 0.05) is 22.5 Å². The summed E-state index contributed by atoms with van der Waals surface area (Å²) in [7, 11) is 0. The van der Waals surface area contributed by atoms with E-state index in [1.54, 1.807) is 0 Å². The first-order valence-electron chi connectivity index (χ1n) is 23.9. The van der Waals surface area contributed by atoms with Gasteiger partial charge in [0.2, 0.25) is 0 Å². The molecule has 0 aliphatic heterocycles. The minimum atomic E-state index is 0. The molecule has 0 atom stereocenters. The average Bonchev–Trinajstić information content (AvgIpc) is 3.93. The number of hydrogen-bond donors (Lipinski definition) is 0.